The van der Waals surface area contributed by atoms with Crippen LogP contribution < -0.4 is 15.4 Å². The number of carbonyl (C=O) groups is 1. The van der Waals surface area contributed by atoms with Crippen molar-refractivity contribution in [1.82, 2.24) is 15.5 Å². The summed E-state index contributed by atoms with van der Waals surface area (Å²) in [5, 5.41) is 6.40. The van der Waals surface area contributed by atoms with E-state index in [0.29, 0.717) is 6.54 Å². The minimum atomic E-state index is -0.0160. The van der Waals surface area contributed by atoms with Gasteiger partial charge < -0.3 is 15.4 Å². The Morgan fingerprint density at radius 1 is 1.43 bits per heavy atom. The second kappa shape index (κ2) is 8.00. The Morgan fingerprint density at radius 2 is 2.29 bits per heavy atom. The summed E-state index contributed by atoms with van der Waals surface area (Å²) in [4.78, 5) is 14.4. The lowest BCUT2D eigenvalue weighted by Gasteiger charge is -2.21. The highest BCUT2D eigenvalue weighted by atomic mass is 16.5. The topological polar surface area (TPSA) is 53.6 Å². The molecule has 1 fully saturated rings. The Bertz CT molecular complexity index is 457. The summed E-state index contributed by atoms with van der Waals surface area (Å²) in [6, 6.07) is 7.79. The highest BCUT2D eigenvalue weighted by Gasteiger charge is 2.15. The highest BCUT2D eigenvalue weighted by molar-refractivity contribution is 5.78. The fraction of sp³-hybridized carbons (Fsp3) is 0.562. The molecule has 2 rings (SSSR count). The molecule has 1 aliphatic rings. The highest BCUT2D eigenvalue weighted by Crippen LogP contribution is 2.18. The average Bonchev–Trinajstić information content (AvgIpc) is 2.75. The van der Waals surface area contributed by atoms with E-state index in [-0.39, 0.29) is 11.9 Å². The summed E-state index contributed by atoms with van der Waals surface area (Å²) >= 11 is 0. The van der Waals surface area contributed by atoms with Crippen molar-refractivity contribution < 1.29 is 9.53 Å². The van der Waals surface area contributed by atoms with Gasteiger partial charge in [0.2, 0.25) is 5.91 Å². The second-order valence-electron chi connectivity index (χ2n) is 5.45. The van der Waals surface area contributed by atoms with Crippen LogP contribution >= 0.6 is 0 Å². The smallest absolute Gasteiger partial charge is 0.234 e. The molecule has 1 aromatic rings. The van der Waals surface area contributed by atoms with Gasteiger partial charge in [-0.2, -0.15) is 0 Å². The van der Waals surface area contributed by atoms with Gasteiger partial charge in [-0.3, -0.25) is 9.69 Å². The third-order valence-corrected chi connectivity index (χ3v) is 3.77. The fourth-order valence-corrected chi connectivity index (χ4v) is 2.54. The normalized spacial score (nSPS) is 17.8. The molecule has 0 aliphatic carbocycles. The molecule has 0 spiro atoms. The molecule has 1 aliphatic heterocycles. The maximum atomic E-state index is 12.2. The largest absolute Gasteiger partial charge is 0.497 e. The Kier molecular flexibility index (Phi) is 6.02. The fourth-order valence-electron chi connectivity index (χ4n) is 2.54. The van der Waals surface area contributed by atoms with E-state index < -0.39 is 0 Å². The van der Waals surface area contributed by atoms with Crippen molar-refractivity contribution in [2.45, 2.75) is 19.4 Å². The van der Waals surface area contributed by atoms with Crippen molar-refractivity contribution in [3.8, 4) is 5.75 Å². The second-order valence-corrected chi connectivity index (χ2v) is 5.45. The molecule has 21 heavy (non-hydrogen) atoms. The van der Waals surface area contributed by atoms with Gasteiger partial charge in [0.05, 0.1) is 19.7 Å². The summed E-state index contributed by atoms with van der Waals surface area (Å²) in [6.45, 7) is 6.37. The predicted molar refractivity (Wildman–Crippen MR) is 83.5 cm³/mol. The van der Waals surface area contributed by atoms with Gasteiger partial charge in [-0.05, 0) is 44.1 Å². The van der Waals surface area contributed by atoms with Crippen LogP contribution in [-0.2, 0) is 4.79 Å². The van der Waals surface area contributed by atoms with E-state index in [0.717, 1.165) is 43.9 Å². The molecule has 0 saturated carbocycles. The Balaban J connectivity index is 1.85. The van der Waals surface area contributed by atoms with Crippen LogP contribution in [0.25, 0.3) is 0 Å². The van der Waals surface area contributed by atoms with E-state index in [2.05, 4.69) is 15.5 Å². The number of rotatable bonds is 5. The van der Waals surface area contributed by atoms with Crippen molar-refractivity contribution in [2.75, 3.05) is 39.8 Å². The van der Waals surface area contributed by atoms with Gasteiger partial charge in [-0.25, -0.2) is 0 Å². The van der Waals surface area contributed by atoms with Crippen LogP contribution in [0, 0.1) is 0 Å². The zero-order valence-corrected chi connectivity index (χ0v) is 12.9. The molecular formula is C16H25N3O2. The minimum absolute atomic E-state index is 0.0160. The van der Waals surface area contributed by atoms with Crippen molar-refractivity contribution in [1.29, 1.82) is 0 Å². The molecule has 1 aromatic carbocycles. The van der Waals surface area contributed by atoms with Gasteiger partial charge in [-0.1, -0.05) is 12.1 Å². The summed E-state index contributed by atoms with van der Waals surface area (Å²) in [5.41, 5.74) is 1.06. The average molecular weight is 291 g/mol. The van der Waals surface area contributed by atoms with Gasteiger partial charge >= 0.3 is 0 Å². The van der Waals surface area contributed by atoms with Crippen molar-refractivity contribution in [3.63, 3.8) is 0 Å². The first kappa shape index (κ1) is 15.8. The summed E-state index contributed by atoms with van der Waals surface area (Å²) < 4.78 is 5.22. The van der Waals surface area contributed by atoms with E-state index >= 15 is 0 Å². The van der Waals surface area contributed by atoms with Gasteiger partial charge in [0.15, 0.2) is 0 Å². The monoisotopic (exact) mass is 291 g/mol. The van der Waals surface area contributed by atoms with Crippen LogP contribution in [0.5, 0.6) is 5.75 Å². The number of hydrogen-bond acceptors (Lipinski definition) is 4. The molecule has 1 unspecified atom stereocenters. The zero-order chi connectivity index (χ0) is 15.1. The number of ether oxygens (including phenoxy) is 1. The number of nitrogens with one attached hydrogen (secondary N) is 2. The lowest BCUT2D eigenvalue weighted by molar-refractivity contribution is -0.122. The standard InChI is InChI=1S/C16H25N3O2/c1-13(14-5-3-6-15(11-14)21-2)18-16(20)12-19-9-4-7-17-8-10-19/h3,5-6,11,13,17H,4,7-10,12H2,1-2H3,(H,18,20). The van der Waals surface area contributed by atoms with Crippen LogP contribution in [0.1, 0.15) is 24.9 Å². The van der Waals surface area contributed by atoms with Crippen molar-refractivity contribution in [3.05, 3.63) is 29.8 Å². The number of carbonyl (C=O) groups excluding carboxylic acids is 1. The first-order valence-electron chi connectivity index (χ1n) is 7.55. The summed E-state index contributed by atoms with van der Waals surface area (Å²) in [7, 11) is 1.65. The Morgan fingerprint density at radius 3 is 3.10 bits per heavy atom. The number of nitrogens with zero attached hydrogens (tertiary/aromatic N) is 1. The molecule has 0 aromatic heterocycles. The zero-order valence-electron chi connectivity index (χ0n) is 12.9. The molecule has 5 heteroatoms. The lowest BCUT2D eigenvalue weighted by Crippen LogP contribution is -2.39. The maximum Gasteiger partial charge on any atom is 0.234 e. The predicted octanol–water partition coefficient (Wildman–Crippen LogP) is 1.17. The summed E-state index contributed by atoms with van der Waals surface area (Å²) in [5.74, 6) is 0.888. The van der Waals surface area contributed by atoms with E-state index in [9.17, 15) is 4.79 Å². The molecule has 5 nitrogen and oxygen atoms in total. The van der Waals surface area contributed by atoms with E-state index in [1.54, 1.807) is 7.11 Å². The summed E-state index contributed by atoms with van der Waals surface area (Å²) in [6.07, 6.45) is 1.10. The SMILES string of the molecule is COc1cccc(C(C)NC(=O)CN2CCCNCC2)c1. The van der Waals surface area contributed by atoms with Crippen molar-refractivity contribution >= 4 is 5.91 Å². The third kappa shape index (κ3) is 5.02. The number of hydrogen-bond donors (Lipinski definition) is 2. The van der Waals surface area contributed by atoms with E-state index in [1.807, 2.05) is 31.2 Å². The van der Waals surface area contributed by atoms with E-state index in [1.165, 1.54) is 0 Å². The van der Waals surface area contributed by atoms with Gasteiger partial charge in [0.1, 0.15) is 5.75 Å². The molecule has 2 N–H and O–H groups in total. The first-order chi connectivity index (χ1) is 10.2. The van der Waals surface area contributed by atoms with Gasteiger partial charge in [-0.15, -0.1) is 0 Å². The van der Waals surface area contributed by atoms with Gasteiger partial charge in [0.25, 0.3) is 0 Å². The maximum absolute atomic E-state index is 12.2. The number of amides is 1. The third-order valence-electron chi connectivity index (χ3n) is 3.77. The molecular weight excluding hydrogens is 266 g/mol. The van der Waals surface area contributed by atoms with Crippen LogP contribution in [0.3, 0.4) is 0 Å². The lowest BCUT2D eigenvalue weighted by atomic mass is 10.1. The quantitative estimate of drug-likeness (QED) is 0.855. The van der Waals surface area contributed by atoms with Crippen LogP contribution in [-0.4, -0.2) is 50.6 Å². The molecule has 1 saturated heterocycles. The van der Waals surface area contributed by atoms with Crippen LogP contribution in [0.2, 0.25) is 0 Å². The number of benzene rings is 1. The molecule has 1 atom stereocenters. The molecule has 116 valence electrons. The molecule has 0 radical (unpaired) electrons. The van der Waals surface area contributed by atoms with Gasteiger partial charge in [0, 0.05) is 13.1 Å². The minimum Gasteiger partial charge on any atom is -0.497 e. The van der Waals surface area contributed by atoms with Crippen LogP contribution in [0.15, 0.2) is 24.3 Å². The Hall–Kier alpha value is -1.59. The number of methoxy groups -OCH3 is 1. The first-order valence-corrected chi connectivity index (χ1v) is 7.55. The molecule has 1 heterocycles. The van der Waals surface area contributed by atoms with Crippen molar-refractivity contribution in [2.24, 2.45) is 0 Å². The van der Waals surface area contributed by atoms with Crippen LogP contribution in [0.4, 0.5) is 0 Å². The molecule has 0 bridgehead atoms. The van der Waals surface area contributed by atoms with E-state index in [4.69, 9.17) is 4.74 Å². The molecule has 1 amide bonds. The Labute approximate surface area is 126 Å².